The van der Waals surface area contributed by atoms with Gasteiger partial charge in [0.15, 0.2) is 0 Å². The van der Waals surface area contributed by atoms with Crippen LogP contribution in [0.2, 0.25) is 0 Å². The van der Waals surface area contributed by atoms with Crippen LogP contribution in [0.5, 0.6) is 0 Å². The lowest BCUT2D eigenvalue weighted by Crippen LogP contribution is -1.90. The first-order chi connectivity index (χ1) is 7.31. The summed E-state index contributed by atoms with van der Waals surface area (Å²) in [6.45, 7) is 2.04. The van der Waals surface area contributed by atoms with E-state index in [1.54, 1.807) is 4.68 Å². The van der Waals surface area contributed by atoms with Gasteiger partial charge in [-0.1, -0.05) is 17.3 Å². The predicted octanol–water partition coefficient (Wildman–Crippen LogP) is 1.67. The van der Waals surface area contributed by atoms with Gasteiger partial charge in [-0.25, -0.2) is 4.68 Å². The Morgan fingerprint density at radius 2 is 2.13 bits per heavy atom. The van der Waals surface area contributed by atoms with Crippen molar-refractivity contribution in [3.05, 3.63) is 17.9 Å². The molecule has 5 nitrogen and oxygen atoms in total. The van der Waals surface area contributed by atoms with E-state index in [1.807, 2.05) is 26.1 Å². The average molecular weight is 202 g/mol. The summed E-state index contributed by atoms with van der Waals surface area (Å²) >= 11 is 0. The molecule has 0 N–H and O–H groups in total. The summed E-state index contributed by atoms with van der Waals surface area (Å²) in [5, 5.41) is 13.1. The number of nitrogens with zero attached hydrogens (tertiary/aromatic N) is 4. The third-order valence-electron chi connectivity index (χ3n) is 2.60. The highest BCUT2D eigenvalue weighted by Crippen LogP contribution is 2.26. The van der Waals surface area contributed by atoms with Crippen molar-refractivity contribution in [1.82, 2.24) is 20.2 Å². The minimum absolute atomic E-state index is 0.820. The van der Waals surface area contributed by atoms with E-state index in [0.29, 0.717) is 0 Å². The molecule has 2 aromatic heterocycles. The second kappa shape index (κ2) is 2.79. The SMILES string of the molecule is CCc1onc2ccc3nnn(C)c3c12. The van der Waals surface area contributed by atoms with Crippen LogP contribution in [0.1, 0.15) is 12.7 Å². The first kappa shape index (κ1) is 8.40. The highest BCUT2D eigenvalue weighted by Gasteiger charge is 2.13. The van der Waals surface area contributed by atoms with Crippen LogP contribution in [0.25, 0.3) is 21.9 Å². The number of benzene rings is 1. The van der Waals surface area contributed by atoms with Gasteiger partial charge in [0.05, 0.1) is 5.39 Å². The summed E-state index contributed by atoms with van der Waals surface area (Å²) in [5.41, 5.74) is 2.73. The molecular weight excluding hydrogens is 192 g/mol. The van der Waals surface area contributed by atoms with E-state index in [0.717, 1.165) is 34.1 Å². The van der Waals surface area contributed by atoms with E-state index in [-0.39, 0.29) is 0 Å². The largest absolute Gasteiger partial charge is 0.360 e. The molecule has 0 unspecified atom stereocenters. The fourth-order valence-corrected chi connectivity index (χ4v) is 1.88. The molecule has 15 heavy (non-hydrogen) atoms. The summed E-state index contributed by atoms with van der Waals surface area (Å²) in [6, 6.07) is 3.82. The quantitative estimate of drug-likeness (QED) is 0.602. The Morgan fingerprint density at radius 1 is 1.33 bits per heavy atom. The lowest BCUT2D eigenvalue weighted by molar-refractivity contribution is 0.395. The van der Waals surface area contributed by atoms with Crippen molar-refractivity contribution in [2.24, 2.45) is 7.05 Å². The van der Waals surface area contributed by atoms with E-state index < -0.39 is 0 Å². The Balaban J connectivity index is 2.60. The molecule has 1 aromatic carbocycles. The molecule has 2 heterocycles. The second-order valence-corrected chi connectivity index (χ2v) is 3.50. The van der Waals surface area contributed by atoms with Crippen molar-refractivity contribution in [2.45, 2.75) is 13.3 Å². The molecule has 0 aliphatic carbocycles. The number of aryl methyl sites for hydroxylation is 2. The Kier molecular flexibility index (Phi) is 1.56. The zero-order valence-electron chi connectivity index (χ0n) is 8.56. The number of rotatable bonds is 1. The van der Waals surface area contributed by atoms with Crippen molar-refractivity contribution in [3.63, 3.8) is 0 Å². The van der Waals surface area contributed by atoms with Gasteiger partial charge in [-0.3, -0.25) is 0 Å². The summed E-state index contributed by atoms with van der Waals surface area (Å²) in [6.07, 6.45) is 0.820. The first-order valence-electron chi connectivity index (χ1n) is 4.88. The van der Waals surface area contributed by atoms with Gasteiger partial charge in [0, 0.05) is 13.5 Å². The minimum Gasteiger partial charge on any atom is -0.360 e. The number of fused-ring (bicyclic) bond motifs is 3. The molecule has 0 fully saturated rings. The van der Waals surface area contributed by atoms with Crippen LogP contribution >= 0.6 is 0 Å². The molecule has 3 aromatic rings. The Bertz CT molecular complexity index is 637. The molecule has 0 bridgehead atoms. The summed E-state index contributed by atoms with van der Waals surface area (Å²) in [5.74, 6) is 0.890. The van der Waals surface area contributed by atoms with Gasteiger partial charge in [0.1, 0.15) is 22.3 Å². The van der Waals surface area contributed by atoms with Crippen LogP contribution in [-0.2, 0) is 13.5 Å². The van der Waals surface area contributed by atoms with Crippen LogP contribution in [-0.4, -0.2) is 20.2 Å². The maximum atomic E-state index is 5.28. The van der Waals surface area contributed by atoms with Gasteiger partial charge in [-0.05, 0) is 12.1 Å². The Hall–Kier alpha value is -1.91. The van der Waals surface area contributed by atoms with Gasteiger partial charge in [-0.2, -0.15) is 0 Å². The molecule has 5 heteroatoms. The molecule has 0 atom stereocenters. The van der Waals surface area contributed by atoms with Crippen LogP contribution in [0.4, 0.5) is 0 Å². The van der Waals surface area contributed by atoms with Crippen LogP contribution in [0.3, 0.4) is 0 Å². The third-order valence-corrected chi connectivity index (χ3v) is 2.60. The highest BCUT2D eigenvalue weighted by molar-refractivity contribution is 6.03. The maximum absolute atomic E-state index is 5.28. The topological polar surface area (TPSA) is 56.7 Å². The van der Waals surface area contributed by atoms with Gasteiger partial charge in [0.25, 0.3) is 0 Å². The Morgan fingerprint density at radius 3 is 2.93 bits per heavy atom. The molecule has 0 aliphatic rings. The molecular formula is C10H10N4O. The second-order valence-electron chi connectivity index (χ2n) is 3.50. The van der Waals surface area contributed by atoms with E-state index in [4.69, 9.17) is 4.52 Å². The van der Waals surface area contributed by atoms with Gasteiger partial charge in [-0.15, -0.1) is 5.10 Å². The first-order valence-corrected chi connectivity index (χ1v) is 4.88. The van der Waals surface area contributed by atoms with Crippen molar-refractivity contribution < 1.29 is 4.52 Å². The molecule has 0 saturated heterocycles. The van der Waals surface area contributed by atoms with Crippen molar-refractivity contribution >= 4 is 21.9 Å². The third kappa shape index (κ3) is 1.000. The fraction of sp³-hybridized carbons (Fsp3) is 0.300. The normalized spacial score (nSPS) is 11.6. The van der Waals surface area contributed by atoms with E-state index in [2.05, 4.69) is 15.5 Å². The Labute approximate surface area is 85.7 Å². The molecule has 0 amide bonds. The van der Waals surface area contributed by atoms with Gasteiger partial charge in [0.2, 0.25) is 0 Å². The van der Waals surface area contributed by atoms with Crippen LogP contribution in [0.15, 0.2) is 16.7 Å². The summed E-state index contributed by atoms with van der Waals surface area (Å²) in [4.78, 5) is 0. The minimum atomic E-state index is 0.820. The molecule has 76 valence electrons. The average Bonchev–Trinajstić information content (AvgIpc) is 2.81. The monoisotopic (exact) mass is 202 g/mol. The van der Waals surface area contributed by atoms with Crippen LogP contribution < -0.4 is 0 Å². The van der Waals surface area contributed by atoms with Crippen molar-refractivity contribution in [2.75, 3.05) is 0 Å². The van der Waals surface area contributed by atoms with Crippen molar-refractivity contribution in [1.29, 1.82) is 0 Å². The molecule has 0 saturated carbocycles. The van der Waals surface area contributed by atoms with E-state index in [9.17, 15) is 0 Å². The smallest absolute Gasteiger partial charge is 0.146 e. The lowest BCUT2D eigenvalue weighted by atomic mass is 10.1. The standard InChI is InChI=1S/C10H10N4O/c1-3-8-9-6(12-15-8)4-5-7-10(9)14(2)13-11-7/h4-5H,3H2,1-2H3. The summed E-state index contributed by atoms with van der Waals surface area (Å²) < 4.78 is 7.04. The lowest BCUT2D eigenvalue weighted by Gasteiger charge is -1.94. The highest BCUT2D eigenvalue weighted by atomic mass is 16.5. The number of aromatic nitrogens is 4. The van der Waals surface area contributed by atoms with E-state index in [1.165, 1.54) is 0 Å². The molecule has 0 spiro atoms. The van der Waals surface area contributed by atoms with Gasteiger partial charge < -0.3 is 4.52 Å². The zero-order valence-corrected chi connectivity index (χ0v) is 8.56. The predicted molar refractivity (Wildman–Crippen MR) is 55.5 cm³/mol. The molecule has 3 rings (SSSR count). The fourth-order valence-electron chi connectivity index (χ4n) is 1.88. The van der Waals surface area contributed by atoms with E-state index >= 15 is 0 Å². The van der Waals surface area contributed by atoms with Crippen LogP contribution in [0, 0.1) is 0 Å². The number of hydrogen-bond acceptors (Lipinski definition) is 4. The molecule has 0 aliphatic heterocycles. The molecule has 0 radical (unpaired) electrons. The van der Waals surface area contributed by atoms with Gasteiger partial charge >= 0.3 is 0 Å². The maximum Gasteiger partial charge on any atom is 0.146 e. The summed E-state index contributed by atoms with van der Waals surface area (Å²) in [7, 11) is 1.88. The number of hydrogen-bond donors (Lipinski definition) is 0. The zero-order chi connectivity index (χ0) is 10.4. The van der Waals surface area contributed by atoms with Crippen molar-refractivity contribution in [3.8, 4) is 0 Å².